The van der Waals surface area contributed by atoms with Crippen molar-refractivity contribution in [1.82, 2.24) is 0 Å². The summed E-state index contributed by atoms with van der Waals surface area (Å²) in [5.41, 5.74) is 0.131. The molecule has 0 amide bonds. The van der Waals surface area contributed by atoms with E-state index in [1.54, 1.807) is 6.07 Å². The van der Waals surface area contributed by atoms with Gasteiger partial charge in [-0.3, -0.25) is 4.79 Å². The molecule has 1 aromatic carbocycles. The topological polar surface area (TPSA) is 46.5 Å². The van der Waals surface area contributed by atoms with E-state index in [0.29, 0.717) is 11.2 Å². The summed E-state index contributed by atoms with van der Waals surface area (Å²) < 4.78 is 5.51. The molecule has 0 saturated heterocycles. The Hall–Kier alpha value is -1.22. The fourth-order valence-electron chi connectivity index (χ4n) is 3.45. The predicted octanol–water partition coefficient (Wildman–Crippen LogP) is 4.31. The third-order valence-electron chi connectivity index (χ3n) is 5.18. The van der Waals surface area contributed by atoms with Gasteiger partial charge in [-0.05, 0) is 56.1 Å². The van der Waals surface area contributed by atoms with Crippen molar-refractivity contribution in [2.75, 3.05) is 0 Å². The summed E-state index contributed by atoms with van der Waals surface area (Å²) >= 11 is 5.84. The van der Waals surface area contributed by atoms with Gasteiger partial charge in [0.2, 0.25) is 0 Å². The standard InChI is InChI=1S/C16H19ClO3/c1-15-4-7-16(8-5-15,9-6-15)14(19)20-11-2-3-13(18)12(17)10-11/h2-3,10,18H,4-9H2,1H3. The normalized spacial score (nSPS) is 32.1. The van der Waals surface area contributed by atoms with E-state index in [2.05, 4.69) is 6.92 Å². The molecular weight excluding hydrogens is 276 g/mol. The molecule has 3 aliphatic carbocycles. The van der Waals surface area contributed by atoms with Crippen molar-refractivity contribution in [2.45, 2.75) is 45.4 Å². The molecule has 0 radical (unpaired) electrons. The molecule has 1 N–H and O–H groups in total. The Morgan fingerprint density at radius 3 is 2.35 bits per heavy atom. The van der Waals surface area contributed by atoms with E-state index in [0.717, 1.165) is 38.5 Å². The third kappa shape index (κ3) is 2.28. The van der Waals surface area contributed by atoms with Crippen LogP contribution in [-0.4, -0.2) is 11.1 Å². The van der Waals surface area contributed by atoms with Crippen LogP contribution >= 0.6 is 11.6 Å². The summed E-state index contributed by atoms with van der Waals surface area (Å²) in [6.07, 6.45) is 6.10. The summed E-state index contributed by atoms with van der Waals surface area (Å²) in [7, 11) is 0. The highest BCUT2D eigenvalue weighted by Gasteiger charge is 2.51. The summed E-state index contributed by atoms with van der Waals surface area (Å²) in [4.78, 5) is 12.5. The zero-order valence-electron chi connectivity index (χ0n) is 11.6. The molecule has 3 aliphatic rings. The lowest BCUT2D eigenvalue weighted by Crippen LogP contribution is -2.46. The molecule has 3 fully saturated rings. The number of aromatic hydroxyl groups is 1. The van der Waals surface area contributed by atoms with Gasteiger partial charge in [-0.25, -0.2) is 0 Å². The van der Waals surface area contributed by atoms with Crippen molar-refractivity contribution in [2.24, 2.45) is 10.8 Å². The number of carbonyl (C=O) groups is 1. The lowest BCUT2D eigenvalue weighted by atomic mass is 9.54. The Balaban J connectivity index is 1.75. The van der Waals surface area contributed by atoms with Crippen molar-refractivity contribution in [3.8, 4) is 11.5 Å². The van der Waals surface area contributed by atoms with Crippen molar-refractivity contribution in [1.29, 1.82) is 0 Å². The molecule has 1 aromatic rings. The Morgan fingerprint density at radius 2 is 1.80 bits per heavy atom. The van der Waals surface area contributed by atoms with Gasteiger partial charge in [0.15, 0.2) is 0 Å². The van der Waals surface area contributed by atoms with Crippen molar-refractivity contribution >= 4 is 17.6 Å². The molecular formula is C16H19ClO3. The van der Waals surface area contributed by atoms with Gasteiger partial charge in [0.05, 0.1) is 10.4 Å². The number of phenols is 1. The van der Waals surface area contributed by atoms with Crippen molar-refractivity contribution < 1.29 is 14.6 Å². The number of benzene rings is 1. The van der Waals surface area contributed by atoms with Crippen LogP contribution in [0, 0.1) is 10.8 Å². The second-order valence-electron chi connectivity index (χ2n) is 6.59. The molecule has 4 heteroatoms. The minimum absolute atomic E-state index is 0.00396. The van der Waals surface area contributed by atoms with E-state index in [9.17, 15) is 9.90 Å². The quantitative estimate of drug-likeness (QED) is 0.653. The lowest BCUT2D eigenvalue weighted by Gasteiger charge is -2.50. The number of carbonyl (C=O) groups excluding carboxylic acids is 1. The maximum absolute atomic E-state index is 12.5. The number of hydrogen-bond donors (Lipinski definition) is 1. The molecule has 108 valence electrons. The van der Waals surface area contributed by atoms with Crippen LogP contribution in [-0.2, 0) is 4.79 Å². The number of fused-ring (bicyclic) bond motifs is 3. The molecule has 0 aliphatic heterocycles. The second-order valence-corrected chi connectivity index (χ2v) is 7.00. The molecule has 20 heavy (non-hydrogen) atoms. The Morgan fingerprint density at radius 1 is 1.20 bits per heavy atom. The highest BCUT2D eigenvalue weighted by Crippen LogP contribution is 2.57. The first kappa shape index (κ1) is 13.7. The highest BCUT2D eigenvalue weighted by molar-refractivity contribution is 6.32. The summed E-state index contributed by atoms with van der Waals surface area (Å²) in [6.45, 7) is 2.32. The molecule has 2 bridgehead atoms. The SMILES string of the molecule is CC12CCC(C(=O)Oc3ccc(O)c(Cl)c3)(CC1)CC2. The first-order chi connectivity index (χ1) is 9.42. The van der Waals surface area contributed by atoms with Gasteiger partial charge < -0.3 is 9.84 Å². The van der Waals surface area contributed by atoms with Gasteiger partial charge in [-0.1, -0.05) is 18.5 Å². The highest BCUT2D eigenvalue weighted by atomic mass is 35.5. The van der Waals surface area contributed by atoms with Gasteiger partial charge in [-0.15, -0.1) is 0 Å². The van der Waals surface area contributed by atoms with E-state index in [4.69, 9.17) is 16.3 Å². The van der Waals surface area contributed by atoms with Crippen LogP contribution in [0.4, 0.5) is 0 Å². The second kappa shape index (κ2) is 4.66. The fraction of sp³-hybridized carbons (Fsp3) is 0.562. The summed E-state index contributed by atoms with van der Waals surface area (Å²) in [5.74, 6) is 0.266. The van der Waals surface area contributed by atoms with Crippen LogP contribution in [0.1, 0.15) is 45.4 Å². The van der Waals surface area contributed by atoms with E-state index >= 15 is 0 Å². The van der Waals surface area contributed by atoms with E-state index in [1.807, 2.05) is 0 Å². The number of esters is 1. The molecule has 0 heterocycles. The molecule has 4 rings (SSSR count). The summed E-state index contributed by atoms with van der Waals surface area (Å²) in [6, 6.07) is 4.51. The van der Waals surface area contributed by atoms with Crippen LogP contribution in [0.2, 0.25) is 5.02 Å². The van der Waals surface area contributed by atoms with Crippen molar-refractivity contribution in [3.63, 3.8) is 0 Å². The Bertz CT molecular complexity index is 528. The third-order valence-corrected chi connectivity index (χ3v) is 5.49. The zero-order chi connectivity index (χ0) is 14.4. The summed E-state index contributed by atoms with van der Waals surface area (Å²) in [5, 5.41) is 9.59. The first-order valence-electron chi connectivity index (χ1n) is 7.13. The molecule has 0 aromatic heterocycles. The average Bonchev–Trinajstić information content (AvgIpc) is 2.44. The minimum Gasteiger partial charge on any atom is -0.506 e. The first-order valence-corrected chi connectivity index (χ1v) is 7.51. The largest absolute Gasteiger partial charge is 0.506 e. The van der Waals surface area contributed by atoms with Gasteiger partial charge in [0.1, 0.15) is 11.5 Å². The fourth-order valence-corrected chi connectivity index (χ4v) is 3.62. The number of phenolic OH excluding ortho intramolecular Hbond substituents is 1. The number of rotatable bonds is 2. The molecule has 3 nitrogen and oxygen atoms in total. The van der Waals surface area contributed by atoms with Crippen LogP contribution < -0.4 is 4.74 Å². The number of halogens is 1. The molecule has 0 atom stereocenters. The maximum Gasteiger partial charge on any atom is 0.317 e. The minimum atomic E-state index is -0.303. The monoisotopic (exact) mass is 294 g/mol. The smallest absolute Gasteiger partial charge is 0.317 e. The number of hydrogen-bond acceptors (Lipinski definition) is 3. The van der Waals surface area contributed by atoms with E-state index in [1.165, 1.54) is 12.1 Å². The Kier molecular flexibility index (Phi) is 3.20. The van der Waals surface area contributed by atoms with E-state index in [-0.39, 0.29) is 22.2 Å². The van der Waals surface area contributed by atoms with Gasteiger partial charge in [-0.2, -0.15) is 0 Å². The molecule has 0 unspecified atom stereocenters. The average molecular weight is 295 g/mol. The number of ether oxygens (including phenoxy) is 1. The predicted molar refractivity (Wildman–Crippen MR) is 77.0 cm³/mol. The lowest BCUT2D eigenvalue weighted by molar-refractivity contribution is -0.155. The molecule has 0 spiro atoms. The van der Waals surface area contributed by atoms with Crippen LogP contribution in [0.3, 0.4) is 0 Å². The Labute approximate surface area is 123 Å². The van der Waals surface area contributed by atoms with Crippen molar-refractivity contribution in [3.05, 3.63) is 23.2 Å². The van der Waals surface area contributed by atoms with E-state index < -0.39 is 0 Å². The van der Waals surface area contributed by atoms with Crippen LogP contribution in [0.25, 0.3) is 0 Å². The zero-order valence-corrected chi connectivity index (χ0v) is 12.4. The van der Waals surface area contributed by atoms with Crippen LogP contribution in [0.15, 0.2) is 18.2 Å². The molecule has 3 saturated carbocycles. The van der Waals surface area contributed by atoms with Gasteiger partial charge in [0, 0.05) is 6.07 Å². The maximum atomic E-state index is 12.5. The van der Waals surface area contributed by atoms with Crippen LogP contribution in [0.5, 0.6) is 11.5 Å². The van der Waals surface area contributed by atoms with Gasteiger partial charge >= 0.3 is 5.97 Å². The van der Waals surface area contributed by atoms with Gasteiger partial charge in [0.25, 0.3) is 0 Å².